The molecule has 2 aliphatic rings. The lowest BCUT2D eigenvalue weighted by molar-refractivity contribution is 0.591. The van der Waals surface area contributed by atoms with E-state index in [2.05, 4.69) is 46.0 Å². The van der Waals surface area contributed by atoms with Gasteiger partial charge >= 0.3 is 0 Å². The van der Waals surface area contributed by atoms with Crippen molar-refractivity contribution in [2.45, 2.75) is 83.8 Å². The second-order valence-corrected chi connectivity index (χ2v) is 8.61. The number of halogens is 1. The second-order valence-electron chi connectivity index (χ2n) is 8.61. The van der Waals surface area contributed by atoms with Crippen molar-refractivity contribution < 1.29 is 0 Å². The molecule has 1 fully saturated rings. The molecular formula is C23H35IN6. The van der Waals surface area contributed by atoms with E-state index in [0.717, 1.165) is 17.6 Å². The molecule has 0 radical (unpaired) electrons. The number of fused-ring (bicyclic) bond motifs is 1. The third kappa shape index (κ3) is 5.53. The van der Waals surface area contributed by atoms with Crippen molar-refractivity contribution in [1.29, 1.82) is 0 Å². The molecule has 0 amide bonds. The van der Waals surface area contributed by atoms with Gasteiger partial charge in [0, 0.05) is 13.1 Å². The zero-order chi connectivity index (χ0) is 20.2. The Labute approximate surface area is 197 Å². The van der Waals surface area contributed by atoms with Gasteiger partial charge in [-0.15, -0.1) is 34.2 Å². The maximum absolute atomic E-state index is 4.86. The largest absolute Gasteiger partial charge is 0.354 e. The van der Waals surface area contributed by atoms with E-state index in [1.54, 1.807) is 0 Å². The molecule has 164 valence electrons. The number of aromatic nitrogens is 3. The van der Waals surface area contributed by atoms with E-state index < -0.39 is 0 Å². The number of aryl methyl sites for hydroxylation is 3. The Morgan fingerprint density at radius 3 is 2.57 bits per heavy atom. The Balaban J connectivity index is 0.00000256. The second kappa shape index (κ2) is 10.6. The van der Waals surface area contributed by atoms with E-state index in [4.69, 9.17) is 4.99 Å². The Morgan fingerprint density at radius 2 is 1.87 bits per heavy atom. The standard InChI is InChI=1S/C23H34N6.HI/c1-16(19-13-12-18-8-4-5-9-20(18)14-19)25-23(26-21-10-6-7-11-21)24-15-22-28-27-17(2)29(22)3;/h12-14,16,21H,4-11,15H2,1-3H3,(H2,24,25,26);1H. The molecule has 0 spiro atoms. The van der Waals surface area contributed by atoms with E-state index >= 15 is 0 Å². The fourth-order valence-corrected chi connectivity index (χ4v) is 4.45. The van der Waals surface area contributed by atoms with Crippen LogP contribution in [-0.4, -0.2) is 26.8 Å². The Morgan fingerprint density at radius 1 is 1.13 bits per heavy atom. The van der Waals surface area contributed by atoms with Gasteiger partial charge in [0.15, 0.2) is 11.8 Å². The highest BCUT2D eigenvalue weighted by Gasteiger charge is 2.19. The summed E-state index contributed by atoms with van der Waals surface area (Å²) in [6.07, 6.45) is 10.1. The highest BCUT2D eigenvalue weighted by Crippen LogP contribution is 2.25. The maximum Gasteiger partial charge on any atom is 0.192 e. The van der Waals surface area contributed by atoms with Gasteiger partial charge < -0.3 is 15.2 Å². The molecule has 2 N–H and O–H groups in total. The van der Waals surface area contributed by atoms with Crippen LogP contribution in [0.4, 0.5) is 0 Å². The molecule has 2 aliphatic carbocycles. The molecule has 2 aromatic rings. The highest BCUT2D eigenvalue weighted by molar-refractivity contribution is 14.0. The summed E-state index contributed by atoms with van der Waals surface area (Å²) < 4.78 is 2.00. The van der Waals surface area contributed by atoms with Gasteiger partial charge in [-0.25, -0.2) is 4.99 Å². The van der Waals surface area contributed by atoms with Crippen molar-refractivity contribution in [3.8, 4) is 0 Å². The van der Waals surface area contributed by atoms with E-state index in [1.807, 2.05) is 18.5 Å². The first kappa shape index (κ1) is 23.0. The molecule has 6 nitrogen and oxygen atoms in total. The Kier molecular flexibility index (Phi) is 8.13. The molecule has 7 heteroatoms. The van der Waals surface area contributed by atoms with Crippen molar-refractivity contribution in [1.82, 2.24) is 25.4 Å². The van der Waals surface area contributed by atoms with Gasteiger partial charge in [-0.3, -0.25) is 0 Å². The van der Waals surface area contributed by atoms with Crippen molar-refractivity contribution in [3.63, 3.8) is 0 Å². The topological polar surface area (TPSA) is 67.1 Å². The first-order chi connectivity index (χ1) is 14.1. The van der Waals surface area contributed by atoms with E-state index in [9.17, 15) is 0 Å². The summed E-state index contributed by atoms with van der Waals surface area (Å²) in [6.45, 7) is 4.72. The minimum Gasteiger partial charge on any atom is -0.354 e. The normalized spacial score (nSPS) is 17.9. The van der Waals surface area contributed by atoms with Crippen LogP contribution < -0.4 is 10.6 Å². The number of hydrogen-bond donors (Lipinski definition) is 2. The number of aliphatic imine (C=N–C) groups is 1. The molecule has 1 aromatic heterocycles. The highest BCUT2D eigenvalue weighted by atomic mass is 127. The van der Waals surface area contributed by atoms with Gasteiger partial charge in [0.1, 0.15) is 12.4 Å². The van der Waals surface area contributed by atoms with E-state index in [1.165, 1.54) is 68.1 Å². The van der Waals surface area contributed by atoms with Crippen LogP contribution >= 0.6 is 24.0 Å². The lowest BCUT2D eigenvalue weighted by Gasteiger charge is -2.23. The van der Waals surface area contributed by atoms with Gasteiger partial charge in [-0.2, -0.15) is 0 Å². The fourth-order valence-electron chi connectivity index (χ4n) is 4.45. The van der Waals surface area contributed by atoms with Gasteiger partial charge in [0.25, 0.3) is 0 Å². The Hall–Kier alpha value is -1.64. The Bertz CT molecular complexity index is 869. The summed E-state index contributed by atoms with van der Waals surface area (Å²) in [6, 6.07) is 7.71. The van der Waals surface area contributed by atoms with Crippen molar-refractivity contribution >= 4 is 29.9 Å². The predicted octanol–water partition coefficient (Wildman–Crippen LogP) is 4.36. The van der Waals surface area contributed by atoms with Crippen LogP contribution in [0.3, 0.4) is 0 Å². The SMILES string of the molecule is Cc1nnc(CN=C(NC2CCCC2)NC(C)c2ccc3c(c2)CCCC3)n1C.I. The average molecular weight is 522 g/mol. The third-order valence-electron chi connectivity index (χ3n) is 6.48. The summed E-state index contributed by atoms with van der Waals surface area (Å²) in [4.78, 5) is 4.86. The number of nitrogens with zero attached hydrogens (tertiary/aromatic N) is 4. The molecule has 1 atom stereocenters. The molecule has 1 unspecified atom stereocenters. The number of hydrogen-bond acceptors (Lipinski definition) is 3. The van der Waals surface area contributed by atoms with Crippen LogP contribution in [0.1, 0.15) is 79.8 Å². The molecular weight excluding hydrogens is 487 g/mol. The molecule has 1 aromatic carbocycles. The number of nitrogens with one attached hydrogen (secondary N) is 2. The van der Waals surface area contributed by atoms with Crippen molar-refractivity contribution in [3.05, 3.63) is 46.5 Å². The summed E-state index contributed by atoms with van der Waals surface area (Å²) in [5.74, 6) is 2.68. The molecule has 1 heterocycles. The van der Waals surface area contributed by atoms with Crippen molar-refractivity contribution in [2.75, 3.05) is 0 Å². The summed E-state index contributed by atoms with van der Waals surface area (Å²) in [5.41, 5.74) is 4.39. The molecule has 0 saturated heterocycles. The van der Waals surface area contributed by atoms with E-state index in [-0.39, 0.29) is 30.0 Å². The van der Waals surface area contributed by atoms with E-state index in [0.29, 0.717) is 12.6 Å². The van der Waals surface area contributed by atoms with Crippen LogP contribution in [0.15, 0.2) is 23.2 Å². The number of rotatable bonds is 5. The average Bonchev–Trinajstić information content (AvgIpc) is 3.36. The van der Waals surface area contributed by atoms with Crippen LogP contribution in [0.5, 0.6) is 0 Å². The zero-order valence-electron chi connectivity index (χ0n) is 18.4. The summed E-state index contributed by atoms with van der Waals surface area (Å²) in [5, 5.41) is 15.7. The third-order valence-corrected chi connectivity index (χ3v) is 6.48. The monoisotopic (exact) mass is 522 g/mol. The lowest BCUT2D eigenvalue weighted by Crippen LogP contribution is -2.43. The zero-order valence-corrected chi connectivity index (χ0v) is 20.8. The quantitative estimate of drug-likeness (QED) is 0.348. The lowest BCUT2D eigenvalue weighted by atomic mass is 9.89. The smallest absolute Gasteiger partial charge is 0.192 e. The van der Waals surface area contributed by atoms with Crippen LogP contribution in [0.25, 0.3) is 0 Å². The van der Waals surface area contributed by atoms with Gasteiger partial charge in [-0.1, -0.05) is 31.0 Å². The predicted molar refractivity (Wildman–Crippen MR) is 132 cm³/mol. The minimum absolute atomic E-state index is 0. The number of benzene rings is 1. The maximum atomic E-state index is 4.86. The fraction of sp³-hybridized carbons (Fsp3) is 0.609. The first-order valence-corrected chi connectivity index (χ1v) is 11.1. The molecule has 0 aliphatic heterocycles. The summed E-state index contributed by atoms with van der Waals surface area (Å²) >= 11 is 0. The first-order valence-electron chi connectivity index (χ1n) is 11.1. The van der Waals surface area contributed by atoms with Crippen molar-refractivity contribution in [2.24, 2.45) is 12.0 Å². The van der Waals surface area contributed by atoms with Crippen LogP contribution in [-0.2, 0) is 26.4 Å². The van der Waals surface area contributed by atoms with Crippen LogP contribution in [0, 0.1) is 6.92 Å². The minimum atomic E-state index is 0. The van der Waals surface area contributed by atoms with Gasteiger partial charge in [0.2, 0.25) is 0 Å². The van der Waals surface area contributed by atoms with Gasteiger partial charge in [0.05, 0.1) is 6.04 Å². The number of guanidine groups is 1. The summed E-state index contributed by atoms with van der Waals surface area (Å²) in [7, 11) is 1.99. The molecule has 30 heavy (non-hydrogen) atoms. The molecule has 1 saturated carbocycles. The van der Waals surface area contributed by atoms with Gasteiger partial charge in [-0.05, 0) is 69.1 Å². The van der Waals surface area contributed by atoms with Crippen LogP contribution in [0.2, 0.25) is 0 Å². The molecule has 0 bridgehead atoms. The molecule has 4 rings (SSSR count).